The number of carbonyl (C=O) groups excluding carboxylic acids is 2. The van der Waals surface area contributed by atoms with Crippen LogP contribution in [0.15, 0.2) is 0 Å². The van der Waals surface area contributed by atoms with E-state index in [1.807, 2.05) is 76.2 Å². The Labute approximate surface area is 239 Å². The van der Waals surface area contributed by atoms with E-state index in [2.05, 4.69) is 20.0 Å². The molecule has 0 aliphatic carbocycles. The summed E-state index contributed by atoms with van der Waals surface area (Å²) in [6, 6.07) is 0. The molecule has 1 aliphatic rings. The minimum absolute atomic E-state index is 0.0417. The van der Waals surface area contributed by atoms with Crippen molar-refractivity contribution in [1.82, 2.24) is 20.0 Å². The van der Waals surface area contributed by atoms with Gasteiger partial charge in [0.25, 0.3) is 0 Å². The lowest BCUT2D eigenvalue weighted by molar-refractivity contribution is -0.174. The predicted octanol–water partition coefficient (Wildman–Crippen LogP) is 2.63. The van der Waals surface area contributed by atoms with Crippen LogP contribution in [0.1, 0.15) is 76.2 Å². The molecule has 39 heavy (non-hydrogen) atoms. The third-order valence-electron chi connectivity index (χ3n) is 5.30. The van der Waals surface area contributed by atoms with E-state index in [-0.39, 0.29) is 18.1 Å². The van der Waals surface area contributed by atoms with E-state index in [1.54, 1.807) is 7.11 Å². The molecule has 0 aromatic rings. The molecule has 1 aliphatic heterocycles. The number of carbonyl (C=O) groups is 2. The van der Waals surface area contributed by atoms with E-state index >= 15 is 0 Å². The highest BCUT2D eigenvalue weighted by Gasteiger charge is 2.22. The predicted molar refractivity (Wildman–Crippen MR) is 159 cm³/mol. The van der Waals surface area contributed by atoms with Crippen LogP contribution in [0, 0.1) is 0 Å². The van der Waals surface area contributed by atoms with Gasteiger partial charge in [-0.05, 0) is 62.3 Å². The number of hydrogen-bond acceptors (Lipinski definition) is 10. The molecule has 1 saturated heterocycles. The van der Waals surface area contributed by atoms with Crippen LogP contribution < -0.4 is 5.32 Å². The number of nitrogens with zero attached hydrogens (tertiary/aromatic N) is 3. The van der Waals surface area contributed by atoms with Crippen molar-refractivity contribution in [2.24, 2.45) is 0 Å². The number of esters is 1. The van der Waals surface area contributed by atoms with Crippen LogP contribution in [0.5, 0.6) is 0 Å². The Morgan fingerprint density at radius 2 is 1.28 bits per heavy atom. The summed E-state index contributed by atoms with van der Waals surface area (Å²) in [7, 11) is 1.71. The fourth-order valence-electron chi connectivity index (χ4n) is 3.35. The van der Waals surface area contributed by atoms with E-state index in [0.717, 1.165) is 25.9 Å². The summed E-state index contributed by atoms with van der Waals surface area (Å²) in [5, 5.41) is 13.7. The number of aliphatic hydroxyl groups excluding tert-OH is 1. The number of methoxy groups -OCH3 is 1. The Kier molecular flexibility index (Phi) is 21.2. The fraction of sp³-hybridized carbons (Fsp3) is 0.931. The Bertz CT molecular complexity index is 629. The van der Waals surface area contributed by atoms with Crippen LogP contribution in [-0.2, 0) is 23.8 Å². The van der Waals surface area contributed by atoms with Gasteiger partial charge in [-0.3, -0.25) is 19.5 Å². The standard InChI is InChI=1S/C22H44N4O5.C5H12O.C2H6/c1-21(2,3)30-19(28)17-25-9-7-23-8-10-26(18-20(29)31-22(4,5)6)14-12-24(11-13-25)15-16-27;1-5(2,3)6-4;1-2/h16,19,23,28H,7-15,17-18H2,1-6H3;1-4H3;1-2H3. The average molecular weight is 563 g/mol. The molecule has 0 spiro atoms. The fourth-order valence-corrected chi connectivity index (χ4v) is 3.35. The van der Waals surface area contributed by atoms with Crippen molar-refractivity contribution in [3.63, 3.8) is 0 Å². The first-order valence-electron chi connectivity index (χ1n) is 14.4. The van der Waals surface area contributed by atoms with E-state index in [4.69, 9.17) is 14.2 Å². The van der Waals surface area contributed by atoms with Crippen LogP contribution in [0.2, 0.25) is 0 Å². The average Bonchev–Trinajstić information content (AvgIpc) is 2.77. The van der Waals surface area contributed by atoms with Gasteiger partial charge in [0.1, 0.15) is 11.9 Å². The lowest BCUT2D eigenvalue weighted by Gasteiger charge is -2.32. The molecule has 1 rings (SSSR count). The Balaban J connectivity index is 0. The lowest BCUT2D eigenvalue weighted by Crippen LogP contribution is -2.48. The zero-order valence-corrected chi connectivity index (χ0v) is 27.3. The molecule has 10 nitrogen and oxygen atoms in total. The molecule has 0 aromatic carbocycles. The maximum absolute atomic E-state index is 12.3. The van der Waals surface area contributed by atoms with Crippen molar-refractivity contribution < 1.29 is 28.9 Å². The first kappa shape index (κ1) is 40.0. The number of aldehydes is 1. The van der Waals surface area contributed by atoms with Gasteiger partial charge >= 0.3 is 5.97 Å². The molecule has 0 amide bonds. The zero-order valence-electron chi connectivity index (χ0n) is 27.3. The van der Waals surface area contributed by atoms with Gasteiger partial charge in [0.2, 0.25) is 0 Å². The second kappa shape index (κ2) is 20.7. The first-order valence-corrected chi connectivity index (χ1v) is 14.4. The summed E-state index contributed by atoms with van der Waals surface area (Å²) < 4.78 is 16.0. The molecular formula is C29H62N4O6. The second-order valence-corrected chi connectivity index (χ2v) is 12.4. The smallest absolute Gasteiger partial charge is 0.320 e. The van der Waals surface area contributed by atoms with E-state index in [1.165, 1.54) is 0 Å². The van der Waals surface area contributed by atoms with Crippen molar-refractivity contribution in [3.05, 3.63) is 0 Å². The van der Waals surface area contributed by atoms with Crippen molar-refractivity contribution in [2.45, 2.75) is 99.3 Å². The van der Waals surface area contributed by atoms with Crippen molar-refractivity contribution in [3.8, 4) is 0 Å². The Hall–Kier alpha value is -1.14. The Morgan fingerprint density at radius 3 is 1.72 bits per heavy atom. The van der Waals surface area contributed by atoms with E-state index in [9.17, 15) is 14.7 Å². The number of rotatable bonds is 7. The largest absolute Gasteiger partial charge is 0.459 e. The number of nitrogens with one attached hydrogen (secondary N) is 1. The van der Waals surface area contributed by atoms with Gasteiger partial charge in [-0.1, -0.05) is 13.8 Å². The quantitative estimate of drug-likeness (QED) is 0.273. The Morgan fingerprint density at radius 1 is 0.821 bits per heavy atom. The van der Waals surface area contributed by atoms with Crippen LogP contribution >= 0.6 is 0 Å². The number of ether oxygens (including phenoxy) is 3. The molecule has 234 valence electrons. The highest BCUT2D eigenvalue weighted by molar-refractivity contribution is 5.72. The van der Waals surface area contributed by atoms with Crippen LogP contribution in [0.4, 0.5) is 0 Å². The molecule has 2 N–H and O–H groups in total. The minimum atomic E-state index is -0.864. The van der Waals surface area contributed by atoms with Gasteiger partial charge in [-0.2, -0.15) is 0 Å². The maximum atomic E-state index is 12.3. The molecule has 0 radical (unpaired) electrons. The molecule has 0 bridgehead atoms. The van der Waals surface area contributed by atoms with Crippen LogP contribution in [0.25, 0.3) is 0 Å². The van der Waals surface area contributed by atoms with Crippen molar-refractivity contribution in [1.29, 1.82) is 0 Å². The minimum Gasteiger partial charge on any atom is -0.459 e. The van der Waals surface area contributed by atoms with Gasteiger partial charge in [0.05, 0.1) is 24.3 Å². The zero-order chi connectivity index (χ0) is 30.7. The summed E-state index contributed by atoms with van der Waals surface area (Å²) in [5.74, 6) is -0.236. The van der Waals surface area contributed by atoms with Gasteiger partial charge in [0.15, 0.2) is 6.29 Å². The molecule has 1 unspecified atom stereocenters. The van der Waals surface area contributed by atoms with Crippen LogP contribution in [-0.4, -0.2) is 134 Å². The maximum Gasteiger partial charge on any atom is 0.320 e. The molecule has 1 fully saturated rings. The van der Waals surface area contributed by atoms with Gasteiger partial charge in [-0.15, -0.1) is 0 Å². The molecule has 0 saturated carbocycles. The summed E-state index contributed by atoms with van der Waals surface area (Å²) in [6.45, 7) is 28.1. The number of β-amino-alcohol motifs (C(OH)–C–C–N with tert-alkyl or cyclic N) is 1. The molecule has 0 aromatic heterocycles. The van der Waals surface area contributed by atoms with Gasteiger partial charge < -0.3 is 29.4 Å². The van der Waals surface area contributed by atoms with Crippen molar-refractivity contribution in [2.75, 3.05) is 79.1 Å². The monoisotopic (exact) mass is 562 g/mol. The van der Waals surface area contributed by atoms with Crippen molar-refractivity contribution >= 4 is 12.3 Å². The van der Waals surface area contributed by atoms with E-state index < -0.39 is 17.5 Å². The molecule has 10 heteroatoms. The highest BCUT2D eigenvalue weighted by atomic mass is 16.6. The first-order chi connectivity index (χ1) is 17.9. The molecule has 1 heterocycles. The number of aliphatic hydroxyl groups is 1. The molecule has 1 atom stereocenters. The summed E-state index contributed by atoms with van der Waals surface area (Å²) in [4.78, 5) is 29.7. The third-order valence-corrected chi connectivity index (χ3v) is 5.30. The van der Waals surface area contributed by atoms with E-state index in [0.29, 0.717) is 45.8 Å². The topological polar surface area (TPSA) is 104 Å². The SMILES string of the molecule is CC.CC(C)(C)OC(=O)CN1CCNCCN(CC(O)OC(C)(C)C)CCN(CC=O)CC1.COC(C)(C)C. The van der Waals surface area contributed by atoms with Crippen LogP contribution in [0.3, 0.4) is 0 Å². The van der Waals surface area contributed by atoms with Gasteiger partial charge in [-0.25, -0.2) is 0 Å². The summed E-state index contributed by atoms with van der Waals surface area (Å²) >= 11 is 0. The summed E-state index contributed by atoms with van der Waals surface area (Å²) in [5.41, 5.74) is -0.874. The normalized spacial score (nSPS) is 18.3. The van der Waals surface area contributed by atoms with Gasteiger partial charge in [0, 0.05) is 66.0 Å². The third kappa shape index (κ3) is 26.8. The second-order valence-electron chi connectivity index (χ2n) is 12.4. The lowest BCUT2D eigenvalue weighted by atomic mass is 10.2. The highest BCUT2D eigenvalue weighted by Crippen LogP contribution is 2.11. The molecular weight excluding hydrogens is 500 g/mol. The summed E-state index contributed by atoms with van der Waals surface area (Å²) in [6.07, 6.45) is 0.0461. The number of hydrogen-bond donors (Lipinski definition) is 2.